The van der Waals surface area contributed by atoms with E-state index in [9.17, 15) is 13.2 Å². The lowest BCUT2D eigenvalue weighted by atomic mass is 10.2. The summed E-state index contributed by atoms with van der Waals surface area (Å²) in [5.74, 6) is 0.154. The minimum atomic E-state index is -4.45. The summed E-state index contributed by atoms with van der Waals surface area (Å²) in [6, 6.07) is 10.2. The molecule has 0 aliphatic carbocycles. The Morgan fingerprint density at radius 1 is 1.06 bits per heavy atom. The zero-order valence-corrected chi connectivity index (χ0v) is 9.28. The third-order valence-corrected chi connectivity index (χ3v) is 2.27. The van der Waals surface area contributed by atoms with E-state index in [0.29, 0.717) is 6.54 Å². The third kappa shape index (κ3) is 3.19. The molecule has 0 bridgehead atoms. The summed E-state index contributed by atoms with van der Waals surface area (Å²) in [5, 5.41) is 2.82. The highest BCUT2D eigenvalue weighted by atomic mass is 19.4. The van der Waals surface area contributed by atoms with Crippen LogP contribution in [0.5, 0.6) is 0 Å². The van der Waals surface area contributed by atoms with Gasteiger partial charge in [0, 0.05) is 12.6 Å². The lowest BCUT2D eigenvalue weighted by Crippen LogP contribution is -2.10. The highest BCUT2D eigenvalue weighted by Crippen LogP contribution is 2.28. The van der Waals surface area contributed by atoms with Crippen molar-refractivity contribution in [3.63, 3.8) is 0 Å². The summed E-state index contributed by atoms with van der Waals surface area (Å²) in [4.78, 5) is 6.94. The number of alkyl halides is 3. The van der Waals surface area contributed by atoms with Gasteiger partial charge in [-0.15, -0.1) is 0 Å². The number of rotatable bonds is 3. The molecule has 0 fully saturated rings. The maximum atomic E-state index is 12.4. The molecule has 1 heterocycles. The van der Waals surface area contributed by atoms with Gasteiger partial charge in [-0.2, -0.15) is 13.2 Å². The monoisotopic (exact) mass is 253 g/mol. The van der Waals surface area contributed by atoms with Crippen LogP contribution in [-0.2, 0) is 12.7 Å². The fourth-order valence-electron chi connectivity index (χ4n) is 1.40. The molecule has 18 heavy (non-hydrogen) atoms. The van der Waals surface area contributed by atoms with Crippen molar-refractivity contribution in [2.24, 2.45) is 0 Å². The number of hydrogen-bond donors (Lipinski definition) is 1. The largest absolute Gasteiger partial charge is 0.433 e. The second-order valence-corrected chi connectivity index (χ2v) is 3.63. The van der Waals surface area contributed by atoms with Gasteiger partial charge in [-0.05, 0) is 5.56 Å². The molecule has 0 spiro atoms. The molecule has 0 aliphatic rings. The SMILES string of the molecule is FC(F)(F)c1cc(NCc2ccccc2)ncn1. The summed E-state index contributed by atoms with van der Waals surface area (Å²) in [6.45, 7) is 0.412. The molecule has 0 unspecified atom stereocenters. The molecular weight excluding hydrogens is 243 g/mol. The lowest BCUT2D eigenvalue weighted by molar-refractivity contribution is -0.141. The van der Waals surface area contributed by atoms with E-state index in [-0.39, 0.29) is 5.82 Å². The topological polar surface area (TPSA) is 37.8 Å². The van der Waals surface area contributed by atoms with E-state index in [1.54, 1.807) is 0 Å². The molecule has 0 radical (unpaired) electrons. The van der Waals surface area contributed by atoms with E-state index >= 15 is 0 Å². The van der Waals surface area contributed by atoms with E-state index < -0.39 is 11.9 Å². The maximum Gasteiger partial charge on any atom is 0.433 e. The molecule has 0 aliphatic heterocycles. The van der Waals surface area contributed by atoms with Crippen LogP contribution in [0.3, 0.4) is 0 Å². The van der Waals surface area contributed by atoms with Crippen molar-refractivity contribution in [3.05, 3.63) is 54.0 Å². The minimum absolute atomic E-state index is 0.154. The van der Waals surface area contributed by atoms with Gasteiger partial charge in [0.2, 0.25) is 0 Å². The zero-order chi connectivity index (χ0) is 13.0. The number of nitrogens with one attached hydrogen (secondary N) is 1. The Bertz CT molecular complexity index is 511. The molecular formula is C12H10F3N3. The first-order chi connectivity index (χ1) is 8.55. The molecule has 94 valence electrons. The van der Waals surface area contributed by atoms with Crippen molar-refractivity contribution >= 4 is 5.82 Å². The van der Waals surface area contributed by atoms with E-state index in [0.717, 1.165) is 18.0 Å². The third-order valence-electron chi connectivity index (χ3n) is 2.27. The van der Waals surface area contributed by atoms with Gasteiger partial charge in [0.1, 0.15) is 17.8 Å². The number of aromatic nitrogens is 2. The van der Waals surface area contributed by atoms with E-state index in [1.807, 2.05) is 30.3 Å². The van der Waals surface area contributed by atoms with Crippen LogP contribution < -0.4 is 5.32 Å². The van der Waals surface area contributed by atoms with Gasteiger partial charge >= 0.3 is 6.18 Å². The Balaban J connectivity index is 2.06. The van der Waals surface area contributed by atoms with Crippen LogP contribution in [-0.4, -0.2) is 9.97 Å². The summed E-state index contributed by atoms with van der Waals surface area (Å²) < 4.78 is 37.2. The van der Waals surface area contributed by atoms with Crippen LogP contribution in [0, 0.1) is 0 Å². The highest BCUT2D eigenvalue weighted by molar-refractivity contribution is 5.36. The second kappa shape index (κ2) is 5.03. The smallest absolute Gasteiger partial charge is 0.366 e. The van der Waals surface area contributed by atoms with Gasteiger partial charge in [-0.25, -0.2) is 9.97 Å². The van der Waals surface area contributed by atoms with Crippen LogP contribution in [0.15, 0.2) is 42.7 Å². The quantitative estimate of drug-likeness (QED) is 0.913. The Hall–Kier alpha value is -2.11. The Kier molecular flexibility index (Phi) is 3.45. The molecule has 0 saturated carbocycles. The van der Waals surface area contributed by atoms with Crippen molar-refractivity contribution in [2.45, 2.75) is 12.7 Å². The molecule has 1 aromatic carbocycles. The summed E-state index contributed by atoms with van der Waals surface area (Å²) in [6.07, 6.45) is -3.55. The zero-order valence-electron chi connectivity index (χ0n) is 9.28. The van der Waals surface area contributed by atoms with Gasteiger partial charge in [-0.1, -0.05) is 30.3 Å². The number of halogens is 3. The average Bonchev–Trinajstić information content (AvgIpc) is 2.37. The second-order valence-electron chi connectivity index (χ2n) is 3.63. The first-order valence-electron chi connectivity index (χ1n) is 5.23. The van der Waals surface area contributed by atoms with Crippen LogP contribution in [0.25, 0.3) is 0 Å². The molecule has 6 heteroatoms. The molecule has 3 nitrogen and oxygen atoms in total. The molecule has 0 atom stereocenters. The molecule has 2 rings (SSSR count). The summed E-state index contributed by atoms with van der Waals surface area (Å²) in [7, 11) is 0. The Morgan fingerprint density at radius 2 is 1.78 bits per heavy atom. The van der Waals surface area contributed by atoms with Crippen LogP contribution in [0.4, 0.5) is 19.0 Å². The van der Waals surface area contributed by atoms with Gasteiger partial charge < -0.3 is 5.32 Å². The fourth-order valence-corrected chi connectivity index (χ4v) is 1.40. The number of benzene rings is 1. The molecule has 0 amide bonds. The maximum absolute atomic E-state index is 12.4. The first-order valence-corrected chi connectivity index (χ1v) is 5.23. The molecule has 1 N–H and O–H groups in total. The van der Waals surface area contributed by atoms with Crippen LogP contribution >= 0.6 is 0 Å². The number of hydrogen-bond acceptors (Lipinski definition) is 3. The van der Waals surface area contributed by atoms with Crippen LogP contribution in [0.2, 0.25) is 0 Å². The summed E-state index contributed by atoms with van der Waals surface area (Å²) in [5.41, 5.74) is 0.0118. The van der Waals surface area contributed by atoms with E-state index in [4.69, 9.17) is 0 Å². The van der Waals surface area contributed by atoms with Gasteiger partial charge in [0.25, 0.3) is 0 Å². The van der Waals surface area contributed by atoms with E-state index in [1.165, 1.54) is 0 Å². The predicted octanol–water partition coefficient (Wildman–Crippen LogP) is 3.11. The van der Waals surface area contributed by atoms with Crippen LogP contribution in [0.1, 0.15) is 11.3 Å². The minimum Gasteiger partial charge on any atom is -0.366 e. The normalized spacial score (nSPS) is 11.3. The van der Waals surface area contributed by atoms with Gasteiger partial charge in [0.15, 0.2) is 0 Å². The van der Waals surface area contributed by atoms with Crippen molar-refractivity contribution in [3.8, 4) is 0 Å². The van der Waals surface area contributed by atoms with Crippen molar-refractivity contribution in [1.82, 2.24) is 9.97 Å². The summed E-state index contributed by atoms with van der Waals surface area (Å²) >= 11 is 0. The number of anilines is 1. The van der Waals surface area contributed by atoms with Crippen molar-refractivity contribution in [2.75, 3.05) is 5.32 Å². The predicted molar refractivity (Wildman–Crippen MR) is 60.8 cm³/mol. The van der Waals surface area contributed by atoms with Gasteiger partial charge in [0.05, 0.1) is 0 Å². The number of nitrogens with zero attached hydrogens (tertiary/aromatic N) is 2. The van der Waals surface area contributed by atoms with E-state index in [2.05, 4.69) is 15.3 Å². The molecule has 2 aromatic rings. The molecule has 0 saturated heterocycles. The van der Waals surface area contributed by atoms with Crippen molar-refractivity contribution < 1.29 is 13.2 Å². The van der Waals surface area contributed by atoms with Crippen molar-refractivity contribution in [1.29, 1.82) is 0 Å². The van der Waals surface area contributed by atoms with Gasteiger partial charge in [-0.3, -0.25) is 0 Å². The fraction of sp³-hybridized carbons (Fsp3) is 0.167. The highest BCUT2D eigenvalue weighted by Gasteiger charge is 2.32. The Morgan fingerprint density at radius 3 is 2.44 bits per heavy atom. The standard InChI is InChI=1S/C12H10F3N3/c13-12(14,15)10-6-11(18-8-17-10)16-7-9-4-2-1-3-5-9/h1-6,8H,7H2,(H,16,17,18). The lowest BCUT2D eigenvalue weighted by Gasteiger charge is -2.08. The Labute approximate surface area is 102 Å². The average molecular weight is 253 g/mol. The molecule has 1 aromatic heterocycles. The first kappa shape index (κ1) is 12.3.